The third-order valence-electron chi connectivity index (χ3n) is 3.30. The Morgan fingerprint density at radius 2 is 1.56 bits per heavy atom. The molecule has 86 valence electrons. The quantitative estimate of drug-likeness (QED) is 0.512. The van der Waals surface area contributed by atoms with Crippen LogP contribution in [0.2, 0.25) is 0 Å². The maximum Gasteiger partial charge on any atom is 0.157 e. The number of hydrogen-bond acceptors (Lipinski definition) is 1. The first-order chi connectivity index (χ1) is 8.93. The van der Waals surface area contributed by atoms with Gasteiger partial charge in [-0.25, -0.2) is 0 Å². The van der Waals surface area contributed by atoms with E-state index >= 15 is 0 Å². The Hall–Kier alpha value is -2.48. The number of aromatic amines is 1. The van der Waals surface area contributed by atoms with Crippen LogP contribution in [0.4, 0.5) is 0 Å². The number of rotatable bonds is 1. The summed E-state index contributed by atoms with van der Waals surface area (Å²) in [6, 6.07) is 18.4. The fourth-order valence-electron chi connectivity index (χ4n) is 2.44. The van der Waals surface area contributed by atoms with E-state index in [0.29, 0.717) is 0 Å². The minimum Gasteiger partial charge on any atom is -0.461 e. The molecule has 0 amide bonds. The van der Waals surface area contributed by atoms with Gasteiger partial charge >= 0.3 is 0 Å². The normalized spacial score (nSPS) is 11.3. The van der Waals surface area contributed by atoms with Crippen molar-refractivity contribution in [3.05, 3.63) is 60.9 Å². The summed E-state index contributed by atoms with van der Waals surface area (Å²) in [6.07, 6.45) is 1.83. The van der Waals surface area contributed by atoms with Gasteiger partial charge < -0.3 is 9.40 Å². The summed E-state index contributed by atoms with van der Waals surface area (Å²) in [5.41, 5.74) is 3.32. The summed E-state index contributed by atoms with van der Waals surface area (Å²) in [5.74, 6) is 0.904. The van der Waals surface area contributed by atoms with Gasteiger partial charge in [-0.3, -0.25) is 0 Å². The van der Waals surface area contributed by atoms with E-state index in [2.05, 4.69) is 29.2 Å². The molecular weight excluding hydrogens is 222 g/mol. The van der Waals surface area contributed by atoms with E-state index in [-0.39, 0.29) is 0 Å². The van der Waals surface area contributed by atoms with E-state index in [1.54, 1.807) is 0 Å². The van der Waals surface area contributed by atoms with Crippen molar-refractivity contribution >= 4 is 21.8 Å². The number of hydrogen-bond donors (Lipinski definition) is 1. The molecule has 2 nitrogen and oxygen atoms in total. The fraction of sp³-hybridized carbons (Fsp3) is 0. The van der Waals surface area contributed by atoms with Crippen molar-refractivity contribution in [3.8, 4) is 11.3 Å². The Morgan fingerprint density at radius 3 is 2.44 bits per heavy atom. The maximum atomic E-state index is 5.72. The molecule has 4 aromatic rings. The molecule has 0 aliphatic carbocycles. The average molecular weight is 233 g/mol. The SMILES string of the molecule is c1ccc(-c2occ3c2[nH]c2ccccc23)cc1. The van der Waals surface area contributed by atoms with Crippen LogP contribution in [0.1, 0.15) is 0 Å². The Kier molecular flexibility index (Phi) is 1.86. The molecule has 2 aromatic heterocycles. The molecule has 2 heterocycles. The van der Waals surface area contributed by atoms with Crippen LogP contribution < -0.4 is 0 Å². The monoisotopic (exact) mass is 233 g/mol. The van der Waals surface area contributed by atoms with Gasteiger partial charge in [-0.1, -0.05) is 48.5 Å². The van der Waals surface area contributed by atoms with Crippen molar-refractivity contribution in [2.45, 2.75) is 0 Å². The number of fused-ring (bicyclic) bond motifs is 3. The Bertz CT molecular complexity index is 824. The van der Waals surface area contributed by atoms with Crippen molar-refractivity contribution in [2.24, 2.45) is 0 Å². The molecular formula is C16H11NO. The Morgan fingerprint density at radius 1 is 0.778 bits per heavy atom. The van der Waals surface area contributed by atoms with Crippen molar-refractivity contribution < 1.29 is 4.42 Å². The second-order valence-corrected chi connectivity index (χ2v) is 4.39. The zero-order chi connectivity index (χ0) is 11.9. The largest absolute Gasteiger partial charge is 0.461 e. The lowest BCUT2D eigenvalue weighted by Gasteiger charge is -1.95. The van der Waals surface area contributed by atoms with Gasteiger partial charge in [-0.15, -0.1) is 0 Å². The summed E-state index contributed by atoms with van der Waals surface area (Å²) in [5, 5.41) is 2.35. The van der Waals surface area contributed by atoms with Crippen LogP contribution in [0.25, 0.3) is 33.1 Å². The Labute approximate surface area is 104 Å². The molecule has 0 saturated heterocycles. The first-order valence-electron chi connectivity index (χ1n) is 5.97. The summed E-state index contributed by atoms with van der Waals surface area (Å²) in [4.78, 5) is 3.43. The zero-order valence-corrected chi connectivity index (χ0v) is 9.68. The van der Waals surface area contributed by atoms with Crippen molar-refractivity contribution in [3.63, 3.8) is 0 Å². The molecule has 18 heavy (non-hydrogen) atoms. The number of H-pyrrole nitrogens is 1. The molecule has 0 aliphatic heterocycles. The van der Waals surface area contributed by atoms with Crippen LogP contribution >= 0.6 is 0 Å². The smallest absolute Gasteiger partial charge is 0.157 e. The molecule has 0 aliphatic rings. The van der Waals surface area contributed by atoms with Gasteiger partial charge in [0, 0.05) is 21.9 Å². The van der Waals surface area contributed by atoms with Crippen molar-refractivity contribution in [1.82, 2.24) is 4.98 Å². The molecule has 0 bridgehead atoms. The lowest BCUT2D eigenvalue weighted by molar-refractivity contribution is 0.586. The first-order valence-corrected chi connectivity index (χ1v) is 5.97. The molecule has 0 spiro atoms. The summed E-state index contributed by atoms with van der Waals surface area (Å²) >= 11 is 0. The van der Waals surface area contributed by atoms with Crippen LogP contribution in [-0.2, 0) is 0 Å². The summed E-state index contributed by atoms with van der Waals surface area (Å²) < 4.78 is 5.72. The fourth-order valence-corrected chi connectivity index (χ4v) is 2.44. The van der Waals surface area contributed by atoms with Gasteiger partial charge in [0.25, 0.3) is 0 Å². The highest BCUT2D eigenvalue weighted by Gasteiger charge is 2.12. The Balaban J connectivity index is 2.08. The predicted molar refractivity (Wildman–Crippen MR) is 73.5 cm³/mol. The van der Waals surface area contributed by atoms with Crippen molar-refractivity contribution in [1.29, 1.82) is 0 Å². The molecule has 0 atom stereocenters. The standard InChI is InChI=1S/C16H11NO/c1-2-6-11(7-3-1)16-15-13(10-18-16)12-8-4-5-9-14(12)17-15/h1-10,17H. The zero-order valence-electron chi connectivity index (χ0n) is 9.68. The number of para-hydroxylation sites is 1. The van der Waals surface area contributed by atoms with E-state index < -0.39 is 0 Å². The van der Waals surface area contributed by atoms with Crippen LogP contribution in [0.5, 0.6) is 0 Å². The molecule has 0 saturated carbocycles. The average Bonchev–Trinajstić information content (AvgIpc) is 2.98. The van der Waals surface area contributed by atoms with Gasteiger partial charge in [0.15, 0.2) is 5.76 Å². The lowest BCUT2D eigenvalue weighted by atomic mass is 10.1. The van der Waals surface area contributed by atoms with Crippen LogP contribution in [0.15, 0.2) is 65.3 Å². The number of aromatic nitrogens is 1. The van der Waals surface area contributed by atoms with Crippen molar-refractivity contribution in [2.75, 3.05) is 0 Å². The van der Waals surface area contributed by atoms with Gasteiger partial charge in [-0.2, -0.15) is 0 Å². The number of benzene rings is 2. The molecule has 4 rings (SSSR count). The highest BCUT2D eigenvalue weighted by Crippen LogP contribution is 2.34. The van der Waals surface area contributed by atoms with E-state index in [9.17, 15) is 0 Å². The highest BCUT2D eigenvalue weighted by atomic mass is 16.3. The molecule has 0 unspecified atom stereocenters. The summed E-state index contributed by atoms with van der Waals surface area (Å²) in [7, 11) is 0. The second-order valence-electron chi connectivity index (χ2n) is 4.39. The molecule has 2 aromatic carbocycles. The van der Waals surface area contributed by atoms with Crippen LogP contribution in [0.3, 0.4) is 0 Å². The predicted octanol–water partition coefficient (Wildman–Crippen LogP) is 4.58. The van der Waals surface area contributed by atoms with E-state index in [1.807, 2.05) is 36.6 Å². The van der Waals surface area contributed by atoms with Gasteiger partial charge in [0.1, 0.15) is 6.26 Å². The maximum absolute atomic E-state index is 5.72. The van der Waals surface area contributed by atoms with Crippen LogP contribution in [-0.4, -0.2) is 4.98 Å². The van der Waals surface area contributed by atoms with E-state index in [4.69, 9.17) is 4.42 Å². The number of furan rings is 1. The van der Waals surface area contributed by atoms with E-state index in [1.165, 1.54) is 5.39 Å². The van der Waals surface area contributed by atoms with Crippen LogP contribution in [0, 0.1) is 0 Å². The topological polar surface area (TPSA) is 28.9 Å². The third kappa shape index (κ3) is 1.23. The molecule has 0 radical (unpaired) electrons. The highest BCUT2D eigenvalue weighted by molar-refractivity contribution is 6.10. The number of nitrogens with one attached hydrogen (secondary N) is 1. The molecule has 2 heteroatoms. The lowest BCUT2D eigenvalue weighted by Crippen LogP contribution is -1.74. The first kappa shape index (κ1) is 9.54. The minimum absolute atomic E-state index is 0.904. The minimum atomic E-state index is 0.904. The van der Waals surface area contributed by atoms with Gasteiger partial charge in [0.05, 0.1) is 5.52 Å². The van der Waals surface area contributed by atoms with E-state index in [0.717, 1.165) is 27.7 Å². The van der Waals surface area contributed by atoms with Gasteiger partial charge in [0.2, 0.25) is 0 Å². The summed E-state index contributed by atoms with van der Waals surface area (Å²) in [6.45, 7) is 0. The van der Waals surface area contributed by atoms with Gasteiger partial charge in [-0.05, 0) is 6.07 Å². The molecule has 1 N–H and O–H groups in total. The molecule has 0 fully saturated rings. The second kappa shape index (κ2) is 3.50. The third-order valence-corrected chi connectivity index (χ3v) is 3.30.